The van der Waals surface area contributed by atoms with Gasteiger partial charge in [-0.05, 0) is 36.8 Å². The monoisotopic (exact) mass is 461 g/mol. The van der Waals surface area contributed by atoms with Gasteiger partial charge in [-0.15, -0.1) is 0 Å². The van der Waals surface area contributed by atoms with E-state index in [0.29, 0.717) is 5.56 Å². The zero-order valence-corrected chi connectivity index (χ0v) is 18.5. The summed E-state index contributed by atoms with van der Waals surface area (Å²) >= 11 is 0. The fraction of sp³-hybridized carbons (Fsp3) is 0.320. The molecule has 2 amide bonds. The number of imide groups is 1. The Bertz CT molecular complexity index is 1180. The van der Waals surface area contributed by atoms with Gasteiger partial charge in [-0.1, -0.05) is 42.5 Å². The number of hydrogen-bond donors (Lipinski definition) is 0. The first kappa shape index (κ1) is 21.8. The number of benzene rings is 2. The number of nitrogens with zero attached hydrogens (tertiary/aromatic N) is 3. The largest absolute Gasteiger partial charge is 0.490 e. The van der Waals surface area contributed by atoms with Crippen LogP contribution < -0.4 is 9.47 Å². The molecular formula is C25H23N3O6. The van der Waals surface area contributed by atoms with E-state index in [9.17, 15) is 19.7 Å². The van der Waals surface area contributed by atoms with Crippen molar-refractivity contribution >= 4 is 23.7 Å². The molecule has 9 nitrogen and oxygen atoms in total. The zero-order valence-electron chi connectivity index (χ0n) is 18.5. The van der Waals surface area contributed by atoms with E-state index in [1.807, 2.05) is 42.5 Å². The molecule has 1 heterocycles. The minimum atomic E-state index is -0.555. The Morgan fingerprint density at radius 1 is 1.09 bits per heavy atom. The van der Waals surface area contributed by atoms with E-state index in [2.05, 4.69) is 5.10 Å². The van der Waals surface area contributed by atoms with Crippen molar-refractivity contribution in [3.63, 3.8) is 0 Å². The first-order valence-corrected chi connectivity index (χ1v) is 11.2. The lowest BCUT2D eigenvalue weighted by atomic mass is 9.85. The fourth-order valence-corrected chi connectivity index (χ4v) is 5.08. The van der Waals surface area contributed by atoms with Crippen molar-refractivity contribution in [1.82, 2.24) is 5.01 Å². The van der Waals surface area contributed by atoms with Gasteiger partial charge in [0, 0.05) is 11.6 Å². The van der Waals surface area contributed by atoms with Crippen molar-refractivity contribution in [3.05, 3.63) is 75.9 Å². The van der Waals surface area contributed by atoms with Crippen LogP contribution in [0.1, 0.15) is 24.5 Å². The number of nitro benzene ring substituents is 1. The molecule has 5 rings (SSSR count). The Labute approximate surface area is 195 Å². The lowest BCUT2D eigenvalue weighted by Gasteiger charge is -2.14. The lowest BCUT2D eigenvalue weighted by Crippen LogP contribution is -2.28. The zero-order chi connectivity index (χ0) is 23.8. The number of rotatable bonds is 8. The van der Waals surface area contributed by atoms with Crippen LogP contribution in [0.3, 0.4) is 0 Å². The number of carbonyl (C=O) groups excluding carboxylic acids is 2. The van der Waals surface area contributed by atoms with Crippen molar-refractivity contribution in [1.29, 1.82) is 0 Å². The van der Waals surface area contributed by atoms with Crippen molar-refractivity contribution in [2.24, 2.45) is 28.8 Å². The Balaban J connectivity index is 1.42. The first-order chi connectivity index (χ1) is 16.5. The van der Waals surface area contributed by atoms with Crippen LogP contribution in [0.5, 0.6) is 11.5 Å². The Morgan fingerprint density at radius 2 is 1.76 bits per heavy atom. The van der Waals surface area contributed by atoms with Crippen molar-refractivity contribution in [2.75, 3.05) is 6.61 Å². The van der Waals surface area contributed by atoms with E-state index in [-0.39, 0.29) is 65.9 Å². The summed E-state index contributed by atoms with van der Waals surface area (Å²) in [5.74, 6) is -0.985. The molecule has 2 bridgehead atoms. The summed E-state index contributed by atoms with van der Waals surface area (Å²) in [7, 11) is 0. The summed E-state index contributed by atoms with van der Waals surface area (Å²) in [5, 5.41) is 16.9. The maximum Gasteiger partial charge on any atom is 0.315 e. The van der Waals surface area contributed by atoms with Crippen molar-refractivity contribution in [2.45, 2.75) is 20.0 Å². The normalized spacial score (nSPS) is 24.8. The highest BCUT2D eigenvalue weighted by atomic mass is 16.6. The van der Waals surface area contributed by atoms with Gasteiger partial charge in [-0.2, -0.15) is 10.1 Å². The van der Waals surface area contributed by atoms with Crippen LogP contribution in [0.25, 0.3) is 0 Å². The van der Waals surface area contributed by atoms with Crippen LogP contribution in [0.4, 0.5) is 5.69 Å². The molecule has 0 N–H and O–H groups in total. The second-order valence-electron chi connectivity index (χ2n) is 8.56. The van der Waals surface area contributed by atoms with Gasteiger partial charge in [-0.25, -0.2) is 0 Å². The number of fused-ring (bicyclic) bond motifs is 5. The molecule has 1 aliphatic heterocycles. The highest BCUT2D eigenvalue weighted by molar-refractivity contribution is 6.06. The van der Waals surface area contributed by atoms with Gasteiger partial charge in [-0.3, -0.25) is 19.7 Å². The van der Waals surface area contributed by atoms with Crippen LogP contribution in [0.15, 0.2) is 59.7 Å². The standard InChI is InChI=1S/C25H23N3O6/c1-2-33-20-11-16(10-19(28(31)32)23(20)34-14-15-6-4-3-5-7-15)13-26-27-24(29)21-17-8-9-18(12-17)22(21)25(27)30/h3-11,13,17-18,21-22H,2,12,14H2,1H3. The van der Waals surface area contributed by atoms with E-state index in [1.54, 1.807) is 13.0 Å². The summed E-state index contributed by atoms with van der Waals surface area (Å²) in [5.41, 5.74) is 0.882. The second-order valence-corrected chi connectivity index (χ2v) is 8.56. The molecule has 1 saturated carbocycles. The van der Waals surface area contributed by atoms with Crippen LogP contribution in [0, 0.1) is 33.8 Å². The van der Waals surface area contributed by atoms with Gasteiger partial charge in [0.1, 0.15) is 6.61 Å². The van der Waals surface area contributed by atoms with E-state index in [0.717, 1.165) is 17.0 Å². The molecule has 174 valence electrons. The van der Waals surface area contributed by atoms with E-state index >= 15 is 0 Å². The van der Waals surface area contributed by atoms with Crippen molar-refractivity contribution in [3.8, 4) is 11.5 Å². The molecule has 4 atom stereocenters. The second kappa shape index (κ2) is 8.74. The average Bonchev–Trinajstić information content (AvgIpc) is 3.51. The quantitative estimate of drug-likeness (QED) is 0.195. The minimum absolute atomic E-state index is 0.0124. The lowest BCUT2D eigenvalue weighted by molar-refractivity contribution is -0.386. The SMILES string of the molecule is CCOc1cc(C=NN2C(=O)C3C4C=CC(C4)C3C2=O)cc([N+](=O)[O-])c1OCc1ccccc1. The van der Waals surface area contributed by atoms with Crippen LogP contribution >= 0.6 is 0 Å². The Kier molecular flexibility index (Phi) is 5.61. The maximum atomic E-state index is 12.8. The van der Waals surface area contributed by atoms with Crippen molar-refractivity contribution < 1.29 is 24.0 Å². The molecule has 0 spiro atoms. The fourth-order valence-electron chi connectivity index (χ4n) is 5.08. The summed E-state index contributed by atoms with van der Waals surface area (Å²) in [6, 6.07) is 12.1. The van der Waals surface area contributed by atoms with Gasteiger partial charge in [0.15, 0.2) is 5.75 Å². The average molecular weight is 461 g/mol. The number of amides is 2. The van der Waals surface area contributed by atoms with E-state index in [1.165, 1.54) is 12.3 Å². The molecule has 34 heavy (non-hydrogen) atoms. The highest BCUT2D eigenvalue weighted by Crippen LogP contribution is 2.52. The van der Waals surface area contributed by atoms with Gasteiger partial charge in [0.25, 0.3) is 11.8 Å². The molecule has 1 saturated heterocycles. The molecule has 2 aliphatic carbocycles. The molecule has 0 radical (unpaired) electrons. The third kappa shape index (κ3) is 3.72. The molecule has 2 fully saturated rings. The third-order valence-electron chi connectivity index (χ3n) is 6.55. The number of allylic oxidation sites excluding steroid dienone is 2. The first-order valence-electron chi connectivity index (χ1n) is 11.2. The molecule has 9 heteroatoms. The smallest absolute Gasteiger partial charge is 0.315 e. The van der Waals surface area contributed by atoms with Gasteiger partial charge in [0.2, 0.25) is 5.75 Å². The van der Waals surface area contributed by atoms with Gasteiger partial charge < -0.3 is 9.47 Å². The minimum Gasteiger partial charge on any atom is -0.490 e. The molecule has 4 unspecified atom stereocenters. The highest BCUT2D eigenvalue weighted by Gasteiger charge is 2.59. The number of carbonyl (C=O) groups is 2. The van der Waals surface area contributed by atoms with Crippen LogP contribution in [-0.4, -0.2) is 34.6 Å². The summed E-state index contributed by atoms with van der Waals surface area (Å²) in [4.78, 5) is 36.9. The predicted molar refractivity (Wildman–Crippen MR) is 122 cm³/mol. The molecule has 2 aromatic rings. The van der Waals surface area contributed by atoms with Gasteiger partial charge in [0.05, 0.1) is 29.6 Å². The van der Waals surface area contributed by atoms with Crippen LogP contribution in [-0.2, 0) is 16.2 Å². The number of hydrazone groups is 1. The van der Waals surface area contributed by atoms with E-state index < -0.39 is 4.92 Å². The molecule has 0 aromatic heterocycles. The van der Waals surface area contributed by atoms with Crippen LogP contribution in [0.2, 0.25) is 0 Å². The Morgan fingerprint density at radius 3 is 2.38 bits per heavy atom. The Hall–Kier alpha value is -4.01. The summed E-state index contributed by atoms with van der Waals surface area (Å²) in [6.45, 7) is 2.16. The maximum absolute atomic E-state index is 12.8. The number of ether oxygens (including phenoxy) is 2. The number of hydrogen-bond acceptors (Lipinski definition) is 7. The molecular weight excluding hydrogens is 438 g/mol. The topological polar surface area (TPSA) is 111 Å². The summed E-state index contributed by atoms with van der Waals surface area (Å²) in [6.07, 6.45) is 6.13. The van der Waals surface area contributed by atoms with Gasteiger partial charge >= 0.3 is 5.69 Å². The number of nitro groups is 1. The molecule has 2 aromatic carbocycles. The molecule has 3 aliphatic rings. The van der Waals surface area contributed by atoms with E-state index in [4.69, 9.17) is 9.47 Å². The summed E-state index contributed by atoms with van der Waals surface area (Å²) < 4.78 is 11.4. The predicted octanol–water partition coefficient (Wildman–Crippen LogP) is 3.71. The third-order valence-corrected chi connectivity index (χ3v) is 6.55.